The van der Waals surface area contributed by atoms with Gasteiger partial charge in [-0.15, -0.1) is 0 Å². The number of hydrazone groups is 1. The summed E-state index contributed by atoms with van der Waals surface area (Å²) in [6.45, 7) is 0.224. The fourth-order valence-corrected chi connectivity index (χ4v) is 3.09. The van der Waals surface area contributed by atoms with Gasteiger partial charge in [-0.3, -0.25) is 15.5 Å². The van der Waals surface area contributed by atoms with Crippen LogP contribution in [0.1, 0.15) is 16.7 Å². The van der Waals surface area contributed by atoms with E-state index in [1.165, 1.54) is 19.2 Å². The molecule has 31 heavy (non-hydrogen) atoms. The van der Waals surface area contributed by atoms with Gasteiger partial charge in [0.1, 0.15) is 6.61 Å². The SMILES string of the molecule is COc1cc(/C=N\Nc2ccc([N+](=O)[O-])cc2)c(Br)cc1OCc1ccccc1C#N. The Bertz CT molecular complexity index is 1160. The van der Waals surface area contributed by atoms with Gasteiger partial charge in [0, 0.05) is 27.7 Å². The van der Waals surface area contributed by atoms with Crippen LogP contribution >= 0.6 is 15.9 Å². The molecule has 0 aliphatic heterocycles. The van der Waals surface area contributed by atoms with Crippen LogP contribution in [0.4, 0.5) is 11.4 Å². The lowest BCUT2D eigenvalue weighted by Crippen LogP contribution is -2.01. The molecule has 0 aliphatic rings. The number of nitrogens with one attached hydrogen (secondary N) is 1. The molecule has 9 heteroatoms. The molecular formula is C22H17BrN4O4. The number of hydrogen-bond donors (Lipinski definition) is 1. The summed E-state index contributed by atoms with van der Waals surface area (Å²) in [6, 6.07) is 18.8. The summed E-state index contributed by atoms with van der Waals surface area (Å²) in [7, 11) is 1.54. The smallest absolute Gasteiger partial charge is 0.269 e. The van der Waals surface area contributed by atoms with Gasteiger partial charge in [0.25, 0.3) is 5.69 Å². The predicted octanol–water partition coefficient (Wildman–Crippen LogP) is 5.26. The van der Waals surface area contributed by atoms with E-state index in [1.807, 2.05) is 12.1 Å². The second kappa shape index (κ2) is 10.2. The van der Waals surface area contributed by atoms with Crippen molar-refractivity contribution >= 4 is 33.5 Å². The van der Waals surface area contributed by atoms with E-state index in [2.05, 4.69) is 32.5 Å². The molecule has 0 bridgehead atoms. The molecule has 0 saturated heterocycles. The average Bonchev–Trinajstić information content (AvgIpc) is 2.79. The van der Waals surface area contributed by atoms with Gasteiger partial charge < -0.3 is 9.47 Å². The molecule has 3 rings (SSSR count). The molecule has 0 fully saturated rings. The van der Waals surface area contributed by atoms with Crippen LogP contribution in [0.2, 0.25) is 0 Å². The first-order valence-corrected chi connectivity index (χ1v) is 9.83. The molecule has 0 saturated carbocycles. The van der Waals surface area contributed by atoms with Gasteiger partial charge in [-0.25, -0.2) is 0 Å². The average molecular weight is 481 g/mol. The highest BCUT2D eigenvalue weighted by atomic mass is 79.9. The van der Waals surface area contributed by atoms with Crippen molar-refractivity contribution in [3.63, 3.8) is 0 Å². The first-order chi connectivity index (χ1) is 15.0. The zero-order chi connectivity index (χ0) is 22.2. The van der Waals surface area contributed by atoms with Crippen LogP contribution in [-0.2, 0) is 6.61 Å². The highest BCUT2D eigenvalue weighted by Gasteiger charge is 2.11. The van der Waals surface area contributed by atoms with Gasteiger partial charge in [-0.2, -0.15) is 10.4 Å². The van der Waals surface area contributed by atoms with E-state index in [1.54, 1.807) is 42.6 Å². The number of rotatable bonds is 8. The fraction of sp³-hybridized carbons (Fsp3) is 0.0909. The van der Waals surface area contributed by atoms with Gasteiger partial charge in [-0.1, -0.05) is 18.2 Å². The van der Waals surface area contributed by atoms with Crippen LogP contribution in [0.3, 0.4) is 0 Å². The van der Waals surface area contributed by atoms with E-state index in [0.717, 1.165) is 15.6 Å². The van der Waals surface area contributed by atoms with Crippen LogP contribution in [0.5, 0.6) is 11.5 Å². The van der Waals surface area contributed by atoms with Crippen molar-refractivity contribution in [1.82, 2.24) is 0 Å². The molecule has 3 aromatic carbocycles. The molecule has 1 N–H and O–H groups in total. The van der Waals surface area contributed by atoms with Crippen molar-refractivity contribution in [2.75, 3.05) is 12.5 Å². The maximum atomic E-state index is 10.7. The largest absolute Gasteiger partial charge is 0.493 e. The van der Waals surface area contributed by atoms with Gasteiger partial charge >= 0.3 is 0 Å². The van der Waals surface area contributed by atoms with Crippen molar-refractivity contribution in [1.29, 1.82) is 5.26 Å². The molecule has 0 radical (unpaired) electrons. The van der Waals surface area contributed by atoms with E-state index in [0.29, 0.717) is 22.7 Å². The lowest BCUT2D eigenvalue weighted by molar-refractivity contribution is -0.384. The number of ether oxygens (including phenoxy) is 2. The van der Waals surface area contributed by atoms with Crippen LogP contribution in [-0.4, -0.2) is 18.2 Å². The number of non-ortho nitro benzene ring substituents is 1. The lowest BCUT2D eigenvalue weighted by Gasteiger charge is -2.13. The Hall–Kier alpha value is -3.90. The highest BCUT2D eigenvalue weighted by molar-refractivity contribution is 9.10. The van der Waals surface area contributed by atoms with Crippen LogP contribution in [0.25, 0.3) is 0 Å². The number of hydrogen-bond acceptors (Lipinski definition) is 7. The zero-order valence-corrected chi connectivity index (χ0v) is 18.0. The third-order valence-electron chi connectivity index (χ3n) is 4.28. The number of nitro benzene ring substituents is 1. The maximum Gasteiger partial charge on any atom is 0.269 e. The lowest BCUT2D eigenvalue weighted by atomic mass is 10.1. The topological polar surface area (TPSA) is 110 Å². The third-order valence-corrected chi connectivity index (χ3v) is 4.97. The predicted molar refractivity (Wildman–Crippen MR) is 120 cm³/mol. The van der Waals surface area contributed by atoms with Crippen molar-refractivity contribution in [3.05, 3.63) is 91.9 Å². The number of nitrogens with zero attached hydrogens (tertiary/aromatic N) is 3. The number of nitro groups is 1. The molecule has 0 unspecified atom stereocenters. The molecule has 156 valence electrons. The molecule has 0 atom stereocenters. The minimum Gasteiger partial charge on any atom is -0.493 e. The Labute approximate surface area is 187 Å². The fourth-order valence-electron chi connectivity index (χ4n) is 2.67. The number of methoxy groups -OCH3 is 1. The van der Waals surface area contributed by atoms with E-state index >= 15 is 0 Å². The Morgan fingerprint density at radius 2 is 1.94 bits per heavy atom. The summed E-state index contributed by atoms with van der Waals surface area (Å²) in [6.07, 6.45) is 1.59. The first kappa shape index (κ1) is 21.8. The van der Waals surface area contributed by atoms with Gasteiger partial charge in [-0.05, 0) is 46.3 Å². The molecule has 0 amide bonds. The van der Waals surface area contributed by atoms with Gasteiger partial charge in [0.2, 0.25) is 0 Å². The number of halogens is 1. The minimum absolute atomic E-state index is 0.00925. The summed E-state index contributed by atoms with van der Waals surface area (Å²) in [5, 5.41) is 24.1. The second-order valence-electron chi connectivity index (χ2n) is 6.26. The standard InChI is InChI=1S/C22H17BrN4O4/c1-30-21-10-17(13-25-26-18-6-8-19(9-7-18)27(28)29)20(23)11-22(21)31-14-16-5-3-2-4-15(16)12-24/h2-11,13,26H,14H2,1H3/b25-13-. The van der Waals surface area contributed by atoms with E-state index in [4.69, 9.17) is 9.47 Å². The molecule has 8 nitrogen and oxygen atoms in total. The van der Waals surface area contributed by atoms with Crippen LogP contribution < -0.4 is 14.9 Å². The molecule has 3 aromatic rings. The monoisotopic (exact) mass is 480 g/mol. The minimum atomic E-state index is -0.459. The summed E-state index contributed by atoms with van der Waals surface area (Å²) in [4.78, 5) is 10.3. The summed E-state index contributed by atoms with van der Waals surface area (Å²) < 4.78 is 12.0. The maximum absolute atomic E-state index is 10.7. The normalized spacial score (nSPS) is 10.5. The Morgan fingerprint density at radius 1 is 1.19 bits per heavy atom. The van der Waals surface area contributed by atoms with Gasteiger partial charge in [0.15, 0.2) is 11.5 Å². The van der Waals surface area contributed by atoms with Crippen molar-refractivity contribution < 1.29 is 14.4 Å². The third kappa shape index (κ3) is 5.58. The molecule has 0 spiro atoms. The van der Waals surface area contributed by atoms with Gasteiger partial charge in [0.05, 0.1) is 35.6 Å². The summed E-state index contributed by atoms with van der Waals surface area (Å²) in [5.74, 6) is 1.03. The molecule has 0 aliphatic carbocycles. The summed E-state index contributed by atoms with van der Waals surface area (Å²) >= 11 is 3.49. The van der Waals surface area contributed by atoms with E-state index < -0.39 is 4.92 Å². The van der Waals surface area contributed by atoms with E-state index in [9.17, 15) is 15.4 Å². The molecule has 0 aromatic heterocycles. The highest BCUT2D eigenvalue weighted by Crippen LogP contribution is 2.33. The zero-order valence-electron chi connectivity index (χ0n) is 16.4. The first-order valence-electron chi connectivity index (χ1n) is 9.03. The van der Waals surface area contributed by atoms with Crippen molar-refractivity contribution in [2.45, 2.75) is 6.61 Å². The molecular weight excluding hydrogens is 464 g/mol. The number of benzene rings is 3. The number of nitriles is 1. The Kier molecular flexibility index (Phi) is 7.19. The Balaban J connectivity index is 1.72. The number of anilines is 1. The van der Waals surface area contributed by atoms with Crippen molar-refractivity contribution in [2.24, 2.45) is 5.10 Å². The van der Waals surface area contributed by atoms with Crippen LogP contribution in [0, 0.1) is 21.4 Å². The second-order valence-corrected chi connectivity index (χ2v) is 7.11. The van der Waals surface area contributed by atoms with E-state index in [-0.39, 0.29) is 12.3 Å². The summed E-state index contributed by atoms with van der Waals surface area (Å²) in [5.41, 5.74) is 5.51. The quantitative estimate of drug-likeness (QED) is 0.267. The van der Waals surface area contributed by atoms with Crippen LogP contribution in [0.15, 0.2) is 70.2 Å². The van der Waals surface area contributed by atoms with Crippen molar-refractivity contribution in [3.8, 4) is 17.6 Å². The Morgan fingerprint density at radius 3 is 2.61 bits per heavy atom. The molecule has 0 heterocycles.